The van der Waals surface area contributed by atoms with Gasteiger partial charge in [0.15, 0.2) is 11.5 Å². The van der Waals surface area contributed by atoms with E-state index < -0.39 is 0 Å². The molecule has 5 heteroatoms. The highest BCUT2D eigenvalue weighted by Gasteiger charge is 2.14. The van der Waals surface area contributed by atoms with Crippen molar-refractivity contribution in [2.24, 2.45) is 0 Å². The van der Waals surface area contributed by atoms with Gasteiger partial charge >= 0.3 is 0 Å². The van der Waals surface area contributed by atoms with Gasteiger partial charge in [-0.05, 0) is 12.5 Å². The van der Waals surface area contributed by atoms with E-state index in [0.717, 1.165) is 12.8 Å². The number of anilines is 1. The number of rotatable bonds is 2. The summed E-state index contributed by atoms with van der Waals surface area (Å²) in [6.45, 7) is 2.05. The first-order valence-electron chi connectivity index (χ1n) is 4.66. The molecule has 2 N–H and O–H groups in total. The van der Waals surface area contributed by atoms with Gasteiger partial charge in [0.1, 0.15) is 5.52 Å². The minimum atomic E-state index is 0.394. The van der Waals surface area contributed by atoms with E-state index in [-0.39, 0.29) is 0 Å². The summed E-state index contributed by atoms with van der Waals surface area (Å²) >= 11 is 11.9. The van der Waals surface area contributed by atoms with Crippen LogP contribution in [0.5, 0.6) is 0 Å². The Balaban J connectivity index is 2.68. The molecule has 15 heavy (non-hydrogen) atoms. The second-order valence-electron chi connectivity index (χ2n) is 3.29. The number of aryl methyl sites for hydroxylation is 1. The average Bonchev–Trinajstić information content (AvgIpc) is 2.60. The summed E-state index contributed by atoms with van der Waals surface area (Å²) in [5.74, 6) is 0.642. The van der Waals surface area contributed by atoms with Gasteiger partial charge in [-0.15, -0.1) is 0 Å². The zero-order valence-corrected chi connectivity index (χ0v) is 9.69. The van der Waals surface area contributed by atoms with Gasteiger partial charge in [-0.2, -0.15) is 0 Å². The van der Waals surface area contributed by atoms with Crippen molar-refractivity contribution in [3.63, 3.8) is 0 Å². The SMILES string of the molecule is CCCc1nc2c(Cl)cc(Cl)c(N)c2o1. The third-order valence-corrected chi connectivity index (χ3v) is 2.72. The van der Waals surface area contributed by atoms with Crippen LogP contribution in [0.3, 0.4) is 0 Å². The molecule has 3 nitrogen and oxygen atoms in total. The molecule has 0 spiro atoms. The van der Waals surface area contributed by atoms with E-state index in [1.807, 2.05) is 6.92 Å². The number of nitrogen functional groups attached to an aromatic ring is 1. The average molecular weight is 245 g/mol. The number of hydrogen-bond acceptors (Lipinski definition) is 3. The number of oxazole rings is 1. The number of nitrogens with zero attached hydrogens (tertiary/aromatic N) is 1. The van der Waals surface area contributed by atoms with Crippen molar-refractivity contribution >= 4 is 40.0 Å². The molecule has 0 aliphatic heterocycles. The maximum absolute atomic E-state index is 5.99. The van der Waals surface area contributed by atoms with E-state index in [1.165, 1.54) is 0 Å². The smallest absolute Gasteiger partial charge is 0.195 e. The van der Waals surface area contributed by atoms with E-state index in [1.54, 1.807) is 6.07 Å². The molecule has 0 saturated carbocycles. The number of halogens is 2. The molecule has 0 unspecified atom stereocenters. The molecule has 1 aromatic carbocycles. The second-order valence-corrected chi connectivity index (χ2v) is 4.10. The monoisotopic (exact) mass is 244 g/mol. The van der Waals surface area contributed by atoms with Gasteiger partial charge in [-0.3, -0.25) is 0 Å². The van der Waals surface area contributed by atoms with Gasteiger partial charge in [0.05, 0.1) is 15.7 Å². The highest BCUT2D eigenvalue weighted by atomic mass is 35.5. The topological polar surface area (TPSA) is 52.0 Å². The normalized spacial score (nSPS) is 11.1. The fourth-order valence-corrected chi connectivity index (χ4v) is 1.88. The summed E-state index contributed by atoms with van der Waals surface area (Å²) in [4.78, 5) is 4.27. The zero-order chi connectivity index (χ0) is 11.0. The first-order chi connectivity index (χ1) is 7.13. The van der Waals surface area contributed by atoms with Crippen molar-refractivity contribution in [3.05, 3.63) is 22.0 Å². The summed E-state index contributed by atoms with van der Waals surface area (Å²) in [6, 6.07) is 1.58. The summed E-state index contributed by atoms with van der Waals surface area (Å²) in [7, 11) is 0. The minimum Gasteiger partial charge on any atom is -0.438 e. The summed E-state index contributed by atoms with van der Waals surface area (Å²) in [6.07, 6.45) is 1.72. The fraction of sp³-hybridized carbons (Fsp3) is 0.300. The molecule has 0 amide bonds. The molecule has 2 aromatic rings. The van der Waals surface area contributed by atoms with E-state index in [9.17, 15) is 0 Å². The van der Waals surface area contributed by atoms with Gasteiger partial charge in [-0.1, -0.05) is 30.1 Å². The van der Waals surface area contributed by atoms with Gasteiger partial charge in [0, 0.05) is 6.42 Å². The number of fused-ring (bicyclic) bond motifs is 1. The predicted molar refractivity (Wildman–Crippen MR) is 62.4 cm³/mol. The van der Waals surface area contributed by atoms with Crippen LogP contribution >= 0.6 is 23.2 Å². The molecule has 2 rings (SSSR count). The molecule has 0 bridgehead atoms. The lowest BCUT2D eigenvalue weighted by Gasteiger charge is -1.98. The first-order valence-corrected chi connectivity index (χ1v) is 5.42. The minimum absolute atomic E-state index is 0.394. The molecule has 0 saturated heterocycles. The van der Waals surface area contributed by atoms with Crippen LogP contribution in [0.1, 0.15) is 19.2 Å². The molecule has 0 aliphatic carbocycles. The van der Waals surface area contributed by atoms with Gasteiger partial charge in [-0.25, -0.2) is 4.98 Å². The Morgan fingerprint density at radius 1 is 1.40 bits per heavy atom. The van der Waals surface area contributed by atoms with E-state index in [4.69, 9.17) is 33.4 Å². The number of nitrogens with two attached hydrogens (primary N) is 1. The molecular weight excluding hydrogens is 235 g/mol. The van der Waals surface area contributed by atoms with Crippen molar-refractivity contribution < 1.29 is 4.42 Å². The van der Waals surface area contributed by atoms with Crippen LogP contribution in [0.25, 0.3) is 11.1 Å². The maximum Gasteiger partial charge on any atom is 0.195 e. The van der Waals surface area contributed by atoms with Crippen molar-refractivity contribution in [1.82, 2.24) is 4.98 Å². The lowest BCUT2D eigenvalue weighted by atomic mass is 10.3. The Kier molecular flexibility index (Phi) is 2.76. The van der Waals surface area contributed by atoms with Gasteiger partial charge in [0.25, 0.3) is 0 Å². The molecule has 0 aliphatic rings. The highest BCUT2D eigenvalue weighted by Crippen LogP contribution is 2.34. The molecule has 0 atom stereocenters. The number of hydrogen-bond donors (Lipinski definition) is 1. The Morgan fingerprint density at radius 3 is 2.80 bits per heavy atom. The van der Waals surface area contributed by atoms with Gasteiger partial charge < -0.3 is 10.2 Å². The standard InChI is InChI=1S/C10H10Cl2N2O/c1-2-3-7-14-9-6(12)4-5(11)8(13)10(9)15-7/h4H,2-3,13H2,1H3. The van der Waals surface area contributed by atoms with Crippen molar-refractivity contribution in [2.75, 3.05) is 5.73 Å². The summed E-state index contributed by atoms with van der Waals surface area (Å²) in [5.41, 5.74) is 7.23. The van der Waals surface area contributed by atoms with Crippen molar-refractivity contribution in [2.45, 2.75) is 19.8 Å². The Bertz CT molecular complexity index is 508. The third kappa shape index (κ3) is 1.77. The van der Waals surface area contributed by atoms with E-state index >= 15 is 0 Å². The van der Waals surface area contributed by atoms with Crippen molar-refractivity contribution in [1.29, 1.82) is 0 Å². The lowest BCUT2D eigenvalue weighted by Crippen LogP contribution is -1.87. The lowest BCUT2D eigenvalue weighted by molar-refractivity contribution is 0.526. The Morgan fingerprint density at radius 2 is 2.13 bits per heavy atom. The van der Waals surface area contributed by atoms with Crippen LogP contribution in [-0.2, 0) is 6.42 Å². The quantitative estimate of drug-likeness (QED) is 0.821. The summed E-state index contributed by atoms with van der Waals surface area (Å²) < 4.78 is 5.50. The summed E-state index contributed by atoms with van der Waals surface area (Å²) in [5, 5.41) is 0.863. The van der Waals surface area contributed by atoms with Crippen LogP contribution < -0.4 is 5.73 Å². The van der Waals surface area contributed by atoms with E-state index in [2.05, 4.69) is 4.98 Å². The van der Waals surface area contributed by atoms with Crippen LogP contribution in [-0.4, -0.2) is 4.98 Å². The largest absolute Gasteiger partial charge is 0.438 e. The molecule has 1 aromatic heterocycles. The molecule has 1 heterocycles. The predicted octanol–water partition coefficient (Wildman–Crippen LogP) is 3.67. The third-order valence-electron chi connectivity index (χ3n) is 2.12. The highest BCUT2D eigenvalue weighted by molar-refractivity contribution is 6.40. The van der Waals surface area contributed by atoms with E-state index in [0.29, 0.717) is 32.7 Å². The number of benzene rings is 1. The van der Waals surface area contributed by atoms with Crippen LogP contribution in [0.15, 0.2) is 10.5 Å². The second kappa shape index (κ2) is 3.91. The first kappa shape index (κ1) is 10.6. The fourth-order valence-electron chi connectivity index (χ4n) is 1.40. The zero-order valence-electron chi connectivity index (χ0n) is 8.18. The molecule has 0 fully saturated rings. The number of aromatic nitrogens is 1. The van der Waals surface area contributed by atoms with Gasteiger partial charge in [0.2, 0.25) is 0 Å². The molecular formula is C10H10Cl2N2O. The van der Waals surface area contributed by atoms with Crippen LogP contribution in [0.2, 0.25) is 10.0 Å². The molecule has 0 radical (unpaired) electrons. The van der Waals surface area contributed by atoms with Crippen LogP contribution in [0.4, 0.5) is 5.69 Å². The Labute approximate surface area is 97.2 Å². The maximum atomic E-state index is 5.99. The van der Waals surface area contributed by atoms with Crippen LogP contribution in [0, 0.1) is 0 Å². The Hall–Kier alpha value is -0.930. The van der Waals surface area contributed by atoms with Crippen molar-refractivity contribution in [3.8, 4) is 0 Å². The molecule has 80 valence electrons.